The number of benzene rings is 16. The van der Waals surface area contributed by atoms with Crippen LogP contribution >= 0.6 is 0 Å². The Labute approximate surface area is 799 Å². The maximum absolute atomic E-state index is 5.18. The molecule has 0 radical (unpaired) electrons. The van der Waals surface area contributed by atoms with Gasteiger partial charge in [-0.25, -0.2) is 19.9 Å². The first kappa shape index (κ1) is 75.3. The van der Waals surface area contributed by atoms with Crippen LogP contribution in [-0.2, 0) is 51.4 Å². The van der Waals surface area contributed by atoms with E-state index in [9.17, 15) is 0 Å². The Morgan fingerprint density at radius 1 is 0.164 bits per heavy atom. The molecular formula is C128H76N12. The smallest absolute Gasteiger partial charge is 0.146 e. The van der Waals surface area contributed by atoms with E-state index < -0.39 is 0 Å². The Bertz CT molecular complexity index is 10600. The molecule has 648 valence electrons. The van der Waals surface area contributed by atoms with Gasteiger partial charge in [0.2, 0.25) is 0 Å². The van der Waals surface area contributed by atoms with Crippen molar-refractivity contribution in [2.24, 2.45) is 0 Å². The second-order valence-electron chi connectivity index (χ2n) is 39.2. The molecule has 0 saturated heterocycles. The Balaban J connectivity index is 0.0000000829. The SMILES string of the molecule is c1ccc2c(c1)Cc1c-2ccc2c1-c1ccc3c4ccncc4n4c5ccccc5nc4c3c1C2.c1ccc2c(c1)Cc1c-2ccc2c1Cc1c-2ccc2c3ccncc3n3c4ccccc4nc3c12.c1ccc2c(c1)Cc1cc3c(cc1-2)Cc1c-3ccc2c3ccncc3n3c4ccccc4nc3c12.c1ccc2c(c1)Cc1ccc3c(c1-2)Cc1c-3ccc2c3ccncc3n3c4ccccc4nc3c12. The van der Waals surface area contributed by atoms with Gasteiger partial charge in [-0.2, -0.15) is 0 Å². The number of fused-ring (bicyclic) bond motifs is 63. The van der Waals surface area contributed by atoms with Crippen molar-refractivity contribution in [2.45, 2.75) is 51.4 Å². The lowest BCUT2D eigenvalue weighted by Crippen LogP contribution is -1.95. The molecule has 0 spiro atoms. The van der Waals surface area contributed by atoms with Crippen LogP contribution in [-0.4, -0.2) is 57.5 Å². The van der Waals surface area contributed by atoms with Gasteiger partial charge in [-0.15, -0.1) is 0 Å². The molecule has 0 unspecified atom stereocenters. The maximum Gasteiger partial charge on any atom is 0.146 e. The fourth-order valence-electron chi connectivity index (χ4n) is 26.7. The molecule has 36 rings (SSSR count). The van der Waals surface area contributed by atoms with E-state index in [1.54, 1.807) is 0 Å². The molecule has 0 atom stereocenters. The maximum atomic E-state index is 5.18. The fraction of sp³-hybridized carbons (Fsp3) is 0.0625. The number of nitrogens with zero attached hydrogens (tertiary/aromatic N) is 12. The second kappa shape index (κ2) is 27.9. The molecule has 8 aliphatic carbocycles. The van der Waals surface area contributed by atoms with Crippen LogP contribution in [0, 0.1) is 0 Å². The number of hydrogen-bond acceptors (Lipinski definition) is 8. The standard InChI is InChI=1S/4C32H19N3/c1-2-6-21-18(5-1)13-19-14-26-20(15-25(19)21)16-27-22(26)9-10-24-23-11-12-33-17-30(23)35-29-8-4-3-7-28(29)34-32(35)31(24)27;1-2-6-20-18(5-1)15-25-21(20)10-9-19-16-26-24(30(19)25)12-11-23-22-13-14-33-17-29(22)35-28-8-4-3-7-27(28)34-32(35)31(23)26;1-2-6-20-18(5-1)15-19-9-10-21-22-11-12-24-23-13-14-33-17-29(23)35-28-8-4-3-7-27(28)34-32(35)31(24)26(22)16-25(21)30(19)20;1-2-6-19-18(5-1)15-25-20(19)9-10-21-22-11-12-24-23-13-14-33-17-30(23)35-29-8-4-3-7-28(29)34-32(35)31(24)27(22)16-26(21)25/h1-12,14-15,17H,13,16H2;3*1-14,17H,15-16H2. The summed E-state index contributed by atoms with van der Waals surface area (Å²) in [5.74, 6) is 0. The van der Waals surface area contributed by atoms with Gasteiger partial charge in [-0.1, -0.05) is 231 Å². The van der Waals surface area contributed by atoms with Crippen molar-refractivity contribution in [3.8, 4) is 89.0 Å². The van der Waals surface area contributed by atoms with Crippen molar-refractivity contribution in [1.82, 2.24) is 57.5 Å². The van der Waals surface area contributed by atoms with Crippen molar-refractivity contribution in [3.05, 3.63) is 454 Å². The van der Waals surface area contributed by atoms with Gasteiger partial charge in [-0.05, 0) is 329 Å². The minimum Gasteiger partial charge on any atom is -0.290 e. The van der Waals surface area contributed by atoms with Crippen LogP contribution in [0.4, 0.5) is 0 Å². The highest BCUT2D eigenvalue weighted by Gasteiger charge is 2.37. The molecule has 0 bridgehead atoms. The quantitative estimate of drug-likeness (QED) is 0.138. The van der Waals surface area contributed by atoms with Gasteiger partial charge >= 0.3 is 0 Å². The molecule has 12 heterocycles. The number of para-hydroxylation sites is 8. The van der Waals surface area contributed by atoms with Crippen LogP contribution in [0.2, 0.25) is 0 Å². The highest BCUT2D eigenvalue weighted by atomic mass is 15.1. The average molecular weight is 1780 g/mol. The minimum absolute atomic E-state index is 0.937. The van der Waals surface area contributed by atoms with Gasteiger partial charge in [0.15, 0.2) is 0 Å². The van der Waals surface area contributed by atoms with E-state index in [4.69, 9.17) is 19.9 Å². The average Bonchev–Trinajstić information content (AvgIpc) is 1.55. The Morgan fingerprint density at radius 3 is 0.893 bits per heavy atom. The van der Waals surface area contributed by atoms with Crippen LogP contribution in [0.1, 0.15) is 89.0 Å². The van der Waals surface area contributed by atoms with Gasteiger partial charge in [0.05, 0.1) is 91.0 Å². The third-order valence-corrected chi connectivity index (χ3v) is 32.6. The van der Waals surface area contributed by atoms with Gasteiger partial charge < -0.3 is 0 Å². The van der Waals surface area contributed by atoms with Crippen LogP contribution in [0.15, 0.2) is 365 Å². The van der Waals surface area contributed by atoms with Crippen molar-refractivity contribution in [2.75, 3.05) is 0 Å². The summed E-state index contributed by atoms with van der Waals surface area (Å²) in [5.41, 5.74) is 62.5. The number of hydrogen-bond donors (Lipinski definition) is 0. The molecule has 0 saturated carbocycles. The molecule has 140 heavy (non-hydrogen) atoms. The number of imidazole rings is 4. The molecule has 12 nitrogen and oxygen atoms in total. The largest absolute Gasteiger partial charge is 0.290 e. The highest BCUT2D eigenvalue weighted by Crippen LogP contribution is 2.57. The van der Waals surface area contributed by atoms with Crippen molar-refractivity contribution in [1.29, 1.82) is 0 Å². The monoisotopic (exact) mass is 1780 g/mol. The molecule has 8 aliphatic rings. The second-order valence-corrected chi connectivity index (χ2v) is 39.2. The predicted molar refractivity (Wildman–Crippen MR) is 568 cm³/mol. The summed E-state index contributed by atoms with van der Waals surface area (Å²) < 4.78 is 9.23. The van der Waals surface area contributed by atoms with Crippen LogP contribution in [0.3, 0.4) is 0 Å². The summed E-state index contributed by atoms with van der Waals surface area (Å²) in [6.07, 6.45) is 23.4. The summed E-state index contributed by atoms with van der Waals surface area (Å²) in [5, 5.41) is 15.0. The molecular weight excluding hydrogens is 1710 g/mol. The molecule has 0 fully saturated rings. The molecule has 16 aromatic carbocycles. The Hall–Kier alpha value is -18.0. The van der Waals surface area contributed by atoms with E-state index in [0.717, 1.165) is 140 Å². The van der Waals surface area contributed by atoms with E-state index in [1.165, 1.54) is 243 Å². The van der Waals surface area contributed by atoms with Gasteiger partial charge in [0, 0.05) is 74.3 Å². The Kier molecular flexibility index (Phi) is 15.0. The summed E-state index contributed by atoms with van der Waals surface area (Å²) in [6.45, 7) is 0. The lowest BCUT2D eigenvalue weighted by Gasteiger charge is -2.13. The first-order valence-electron chi connectivity index (χ1n) is 48.7. The Morgan fingerprint density at radius 2 is 0.429 bits per heavy atom. The van der Waals surface area contributed by atoms with Gasteiger partial charge in [-0.3, -0.25) is 37.5 Å². The predicted octanol–water partition coefficient (Wildman–Crippen LogP) is 29.3. The van der Waals surface area contributed by atoms with E-state index in [2.05, 4.69) is 353 Å². The molecule has 12 heteroatoms. The first-order chi connectivity index (χ1) is 69.4. The number of pyridine rings is 8. The van der Waals surface area contributed by atoms with E-state index >= 15 is 0 Å². The topological polar surface area (TPSA) is 121 Å². The zero-order valence-electron chi connectivity index (χ0n) is 75.7. The fourth-order valence-corrected chi connectivity index (χ4v) is 26.7. The molecule has 0 aliphatic heterocycles. The van der Waals surface area contributed by atoms with Crippen molar-refractivity contribution < 1.29 is 0 Å². The number of rotatable bonds is 0. The molecule has 12 aromatic heterocycles. The summed E-state index contributed by atoms with van der Waals surface area (Å²) in [4.78, 5) is 38.6. The van der Waals surface area contributed by atoms with E-state index in [0.29, 0.717) is 0 Å². The van der Waals surface area contributed by atoms with Gasteiger partial charge in [0.1, 0.15) is 22.6 Å². The number of aromatic nitrogens is 12. The first-order valence-corrected chi connectivity index (χ1v) is 48.7. The van der Waals surface area contributed by atoms with E-state index in [-0.39, 0.29) is 0 Å². The summed E-state index contributed by atoms with van der Waals surface area (Å²) in [6, 6.07) is 115. The van der Waals surface area contributed by atoms with Crippen LogP contribution < -0.4 is 0 Å². The summed E-state index contributed by atoms with van der Waals surface area (Å²) in [7, 11) is 0. The third-order valence-electron chi connectivity index (χ3n) is 32.6. The lowest BCUT2D eigenvalue weighted by molar-refractivity contribution is 1.17. The van der Waals surface area contributed by atoms with Crippen molar-refractivity contribution >= 4 is 153 Å². The summed E-state index contributed by atoms with van der Waals surface area (Å²) >= 11 is 0. The molecule has 0 N–H and O–H groups in total. The zero-order chi connectivity index (χ0) is 90.7. The normalized spacial score (nSPS) is 13.5. The lowest BCUT2D eigenvalue weighted by atomic mass is 9.94. The van der Waals surface area contributed by atoms with Crippen LogP contribution in [0.25, 0.3) is 242 Å². The third kappa shape index (κ3) is 10.2. The van der Waals surface area contributed by atoms with Crippen molar-refractivity contribution in [3.63, 3.8) is 0 Å². The highest BCUT2D eigenvalue weighted by molar-refractivity contribution is 6.22. The molecule has 0 amide bonds. The van der Waals surface area contributed by atoms with Crippen LogP contribution in [0.5, 0.6) is 0 Å². The zero-order valence-corrected chi connectivity index (χ0v) is 75.7. The minimum atomic E-state index is 0.937. The van der Waals surface area contributed by atoms with Gasteiger partial charge in [0.25, 0.3) is 0 Å². The van der Waals surface area contributed by atoms with E-state index in [1.807, 2.05) is 49.6 Å². The molecule has 28 aromatic rings.